The van der Waals surface area contributed by atoms with Gasteiger partial charge in [0.15, 0.2) is 0 Å². The molecule has 2 aromatic rings. The molecule has 9 heteroatoms. The lowest BCUT2D eigenvalue weighted by molar-refractivity contribution is -0.140. The molecular formula is C27H35N5O4. The van der Waals surface area contributed by atoms with Crippen molar-refractivity contribution in [2.24, 2.45) is 5.73 Å². The second kappa shape index (κ2) is 11.7. The number of carbonyl (C=O) groups is 3. The van der Waals surface area contributed by atoms with Crippen LogP contribution in [-0.2, 0) is 27.3 Å². The minimum Gasteiger partial charge on any atom is -0.444 e. The van der Waals surface area contributed by atoms with E-state index in [1.807, 2.05) is 30.3 Å². The number of amides is 3. The molecule has 36 heavy (non-hydrogen) atoms. The van der Waals surface area contributed by atoms with E-state index in [2.05, 4.69) is 10.6 Å². The third-order valence-corrected chi connectivity index (χ3v) is 5.81. The number of carbonyl (C=O) groups excluding carboxylic acids is 3. The highest BCUT2D eigenvalue weighted by molar-refractivity contribution is 5.95. The summed E-state index contributed by atoms with van der Waals surface area (Å²) < 4.78 is 12.9. The highest BCUT2D eigenvalue weighted by atomic mass is 16.6. The van der Waals surface area contributed by atoms with Crippen LogP contribution in [0.1, 0.15) is 51.7 Å². The number of nitrogens with one attached hydrogen (secondary N) is 3. The summed E-state index contributed by atoms with van der Waals surface area (Å²) in [5, 5.41) is 13.0. The van der Waals surface area contributed by atoms with Gasteiger partial charge in [-0.2, -0.15) is 0 Å². The van der Waals surface area contributed by atoms with Crippen molar-refractivity contribution in [3.8, 4) is 0 Å². The minimum absolute atomic E-state index is 0.0264. The molecule has 9 nitrogen and oxygen atoms in total. The summed E-state index contributed by atoms with van der Waals surface area (Å²) in [7, 11) is 0. The Balaban J connectivity index is 1.69. The van der Waals surface area contributed by atoms with E-state index in [0.29, 0.717) is 24.9 Å². The van der Waals surface area contributed by atoms with Gasteiger partial charge >= 0.3 is 6.09 Å². The van der Waals surface area contributed by atoms with Crippen LogP contribution in [0, 0.1) is 5.41 Å². The van der Waals surface area contributed by atoms with Crippen LogP contribution < -0.4 is 16.4 Å². The highest BCUT2D eigenvalue weighted by Gasteiger charge is 2.38. The SMILES string of the molecule is [2H]CC(C)(C)OC(=O)N[C@@H](Cc1ccccc1)C(=O)N1CCC[C@H]1C(=O)NCc1ccc(C(=N)N)cc1. The fourth-order valence-corrected chi connectivity index (χ4v) is 4.08. The molecule has 0 bridgehead atoms. The van der Waals surface area contributed by atoms with Crippen molar-refractivity contribution in [3.05, 3.63) is 71.3 Å². The average Bonchev–Trinajstić information content (AvgIpc) is 3.37. The second-order valence-corrected chi connectivity index (χ2v) is 9.55. The lowest BCUT2D eigenvalue weighted by atomic mass is 10.0. The van der Waals surface area contributed by atoms with Gasteiger partial charge in [0.25, 0.3) is 0 Å². The number of amidine groups is 1. The molecule has 1 aliphatic rings. The largest absolute Gasteiger partial charge is 0.444 e. The Hall–Kier alpha value is -3.88. The molecule has 1 aliphatic heterocycles. The molecule has 2 aromatic carbocycles. The number of nitrogens with zero attached hydrogens (tertiary/aromatic N) is 1. The molecule has 3 rings (SSSR count). The summed E-state index contributed by atoms with van der Waals surface area (Å²) >= 11 is 0. The van der Waals surface area contributed by atoms with Gasteiger partial charge < -0.3 is 26.0 Å². The molecule has 0 radical (unpaired) electrons. The maximum atomic E-state index is 13.6. The first-order valence-corrected chi connectivity index (χ1v) is 11.9. The Morgan fingerprint density at radius 2 is 1.86 bits per heavy atom. The number of alkyl carbamates (subject to hydrolysis) is 1. The van der Waals surface area contributed by atoms with Crippen LogP contribution >= 0.6 is 0 Å². The third-order valence-electron chi connectivity index (χ3n) is 5.81. The molecule has 5 N–H and O–H groups in total. The zero-order valence-electron chi connectivity index (χ0n) is 21.8. The fraction of sp³-hybridized carbons (Fsp3) is 0.407. The summed E-state index contributed by atoms with van der Waals surface area (Å²) in [6, 6.07) is 14.8. The highest BCUT2D eigenvalue weighted by Crippen LogP contribution is 2.20. The van der Waals surface area contributed by atoms with Gasteiger partial charge in [-0.1, -0.05) is 54.6 Å². The summed E-state index contributed by atoms with van der Waals surface area (Å²) in [6.45, 7) is 3.81. The van der Waals surface area contributed by atoms with Gasteiger partial charge in [-0.05, 0) is 44.7 Å². The summed E-state index contributed by atoms with van der Waals surface area (Å²) in [4.78, 5) is 40.8. The lowest BCUT2D eigenvalue weighted by Gasteiger charge is -2.29. The first kappa shape index (κ1) is 25.2. The van der Waals surface area contributed by atoms with E-state index in [1.165, 1.54) is 4.90 Å². The fourth-order valence-electron chi connectivity index (χ4n) is 4.08. The molecule has 1 saturated heterocycles. The molecule has 0 aromatic heterocycles. The minimum atomic E-state index is -0.997. The zero-order valence-corrected chi connectivity index (χ0v) is 20.8. The van der Waals surface area contributed by atoms with E-state index in [-0.39, 0.29) is 37.5 Å². The third kappa shape index (κ3) is 7.56. The van der Waals surface area contributed by atoms with Gasteiger partial charge in [0.1, 0.15) is 23.5 Å². The van der Waals surface area contributed by atoms with E-state index in [9.17, 15) is 14.4 Å². The number of nitrogens with two attached hydrogens (primary N) is 1. The van der Waals surface area contributed by atoms with Crippen molar-refractivity contribution in [2.75, 3.05) is 6.54 Å². The summed E-state index contributed by atoms with van der Waals surface area (Å²) in [5.74, 6) is -0.646. The summed E-state index contributed by atoms with van der Waals surface area (Å²) in [6.07, 6.45) is 0.658. The Kier molecular flexibility index (Phi) is 8.20. The van der Waals surface area contributed by atoms with Gasteiger partial charge in [-0.15, -0.1) is 0 Å². The average molecular weight is 495 g/mol. The van der Waals surface area contributed by atoms with Crippen molar-refractivity contribution in [3.63, 3.8) is 0 Å². The van der Waals surface area contributed by atoms with E-state index < -0.39 is 23.8 Å². The number of nitrogen functional groups attached to an aromatic ring is 1. The van der Waals surface area contributed by atoms with Crippen LogP contribution in [0.15, 0.2) is 54.6 Å². The molecule has 192 valence electrons. The molecule has 1 heterocycles. The van der Waals surface area contributed by atoms with Crippen molar-refractivity contribution < 1.29 is 20.5 Å². The van der Waals surface area contributed by atoms with Crippen molar-refractivity contribution in [1.82, 2.24) is 15.5 Å². The number of ether oxygens (including phenoxy) is 1. The normalized spacial score (nSPS) is 16.6. The van der Waals surface area contributed by atoms with Gasteiger partial charge in [-0.25, -0.2) is 4.79 Å². The van der Waals surface area contributed by atoms with E-state index >= 15 is 0 Å². The quantitative estimate of drug-likeness (QED) is 0.330. The van der Waals surface area contributed by atoms with Crippen molar-refractivity contribution in [2.45, 2.75) is 64.2 Å². The first-order valence-electron chi connectivity index (χ1n) is 12.6. The maximum Gasteiger partial charge on any atom is 0.408 e. The van der Waals surface area contributed by atoms with Gasteiger partial charge in [0, 0.05) is 26.4 Å². The van der Waals surface area contributed by atoms with Crippen LogP contribution in [-0.4, -0.2) is 52.9 Å². The van der Waals surface area contributed by atoms with E-state index in [4.69, 9.17) is 17.3 Å². The second-order valence-electron chi connectivity index (χ2n) is 9.55. The monoisotopic (exact) mass is 494 g/mol. The van der Waals surface area contributed by atoms with E-state index in [1.54, 1.807) is 38.1 Å². The van der Waals surface area contributed by atoms with Crippen molar-refractivity contribution in [1.29, 1.82) is 5.41 Å². The molecular weight excluding hydrogens is 458 g/mol. The standard InChI is InChI=1S/C27H35N5O4/c1-27(2,3)36-26(35)31-21(16-18-8-5-4-6-9-18)25(34)32-15-7-10-22(32)24(33)30-17-19-11-13-20(14-12-19)23(28)29/h4-6,8-9,11-14,21-22H,7,10,15-17H2,1-3H3,(H3,28,29)(H,30,33)(H,31,35)/t21-,22-/m0/s1/i1D. The molecule has 2 atom stereocenters. The number of hydrogen-bond acceptors (Lipinski definition) is 5. The summed E-state index contributed by atoms with van der Waals surface area (Å²) in [5.41, 5.74) is 6.79. The van der Waals surface area contributed by atoms with Gasteiger partial charge in [0.2, 0.25) is 11.8 Å². The van der Waals surface area contributed by atoms with Crippen LogP contribution in [0.5, 0.6) is 0 Å². The Bertz CT molecular complexity index is 1110. The maximum absolute atomic E-state index is 13.6. The number of rotatable bonds is 8. The lowest BCUT2D eigenvalue weighted by Crippen LogP contribution is -2.54. The molecule has 3 amide bonds. The molecule has 1 fully saturated rings. The molecule has 0 spiro atoms. The van der Waals surface area contributed by atoms with Crippen LogP contribution in [0.4, 0.5) is 4.79 Å². The number of benzene rings is 2. The topological polar surface area (TPSA) is 138 Å². The molecule has 0 aliphatic carbocycles. The predicted octanol–water partition coefficient (Wildman–Crippen LogP) is 2.71. The Labute approximate surface area is 213 Å². The molecule has 0 unspecified atom stereocenters. The first-order chi connectivity index (χ1) is 17.6. The number of hydrogen-bond donors (Lipinski definition) is 4. The van der Waals surface area contributed by atoms with Crippen LogP contribution in [0.25, 0.3) is 0 Å². The smallest absolute Gasteiger partial charge is 0.408 e. The van der Waals surface area contributed by atoms with Crippen LogP contribution in [0.3, 0.4) is 0 Å². The van der Waals surface area contributed by atoms with Crippen LogP contribution in [0.2, 0.25) is 0 Å². The number of likely N-dealkylation sites (tertiary alicyclic amines) is 1. The Morgan fingerprint density at radius 3 is 2.50 bits per heavy atom. The predicted molar refractivity (Wildman–Crippen MR) is 137 cm³/mol. The van der Waals surface area contributed by atoms with Gasteiger partial charge in [-0.3, -0.25) is 15.0 Å². The Morgan fingerprint density at radius 1 is 1.17 bits per heavy atom. The van der Waals surface area contributed by atoms with Gasteiger partial charge in [0.05, 0.1) is 0 Å². The van der Waals surface area contributed by atoms with Crippen molar-refractivity contribution >= 4 is 23.7 Å². The zero-order chi connectivity index (χ0) is 27.0. The van der Waals surface area contributed by atoms with E-state index in [0.717, 1.165) is 11.1 Å². The molecule has 0 saturated carbocycles.